The molecule has 5 heteroatoms. The van der Waals surface area contributed by atoms with Crippen LogP contribution in [0.15, 0.2) is 42.6 Å². The lowest BCUT2D eigenvalue weighted by molar-refractivity contribution is 0.416. The van der Waals surface area contributed by atoms with Crippen LogP contribution in [0, 0.1) is 5.82 Å². The van der Waals surface area contributed by atoms with E-state index in [-0.39, 0.29) is 5.82 Å². The predicted molar refractivity (Wildman–Crippen MR) is 68.7 cm³/mol. The fourth-order valence-corrected chi connectivity index (χ4v) is 1.99. The fraction of sp³-hybridized carbons (Fsp3) is 0.143. The molecule has 3 rings (SSSR count). The van der Waals surface area contributed by atoms with Gasteiger partial charge in [-0.15, -0.1) is 0 Å². The van der Waals surface area contributed by atoms with E-state index in [1.165, 1.54) is 12.1 Å². The van der Waals surface area contributed by atoms with Crippen LogP contribution >= 0.6 is 0 Å². The zero-order valence-corrected chi connectivity index (χ0v) is 10.4. The Kier molecular flexibility index (Phi) is 2.87. The second-order valence-corrected chi connectivity index (χ2v) is 4.18. The van der Waals surface area contributed by atoms with Gasteiger partial charge in [0, 0.05) is 12.6 Å². The monoisotopic (exact) mass is 257 g/mol. The van der Waals surface area contributed by atoms with E-state index in [1.807, 2.05) is 18.2 Å². The van der Waals surface area contributed by atoms with Crippen LogP contribution in [0.2, 0.25) is 0 Å². The van der Waals surface area contributed by atoms with Crippen molar-refractivity contribution < 1.29 is 9.13 Å². The quantitative estimate of drug-likeness (QED) is 0.723. The number of hydrogen-bond donors (Lipinski definition) is 0. The number of methoxy groups -OCH3 is 1. The van der Waals surface area contributed by atoms with E-state index in [1.54, 1.807) is 23.9 Å². The van der Waals surface area contributed by atoms with E-state index >= 15 is 0 Å². The van der Waals surface area contributed by atoms with Gasteiger partial charge < -0.3 is 4.74 Å². The van der Waals surface area contributed by atoms with Gasteiger partial charge in [-0.3, -0.25) is 0 Å². The largest absolute Gasteiger partial charge is 0.493 e. The summed E-state index contributed by atoms with van der Waals surface area (Å²) >= 11 is 0. The highest BCUT2D eigenvalue weighted by atomic mass is 19.1. The predicted octanol–water partition coefficient (Wildman–Crippen LogP) is 2.47. The molecule has 0 aliphatic carbocycles. The highest BCUT2D eigenvalue weighted by molar-refractivity contribution is 5.52. The first-order chi connectivity index (χ1) is 9.26. The molecule has 0 spiro atoms. The summed E-state index contributed by atoms with van der Waals surface area (Å²) in [6.07, 6.45) is 2.29. The molecule has 0 aliphatic heterocycles. The molecule has 3 aromatic rings. The molecule has 1 aromatic carbocycles. The molecular weight excluding hydrogens is 245 g/mol. The average molecular weight is 257 g/mol. The van der Waals surface area contributed by atoms with Gasteiger partial charge in [-0.1, -0.05) is 12.1 Å². The second-order valence-electron chi connectivity index (χ2n) is 4.18. The lowest BCUT2D eigenvalue weighted by Gasteiger charge is -1.98. The third kappa shape index (κ3) is 2.27. The highest BCUT2D eigenvalue weighted by Gasteiger charge is 2.08. The summed E-state index contributed by atoms with van der Waals surface area (Å²) in [5, 5.41) is 4.35. The molecule has 0 amide bonds. The molecule has 0 aliphatic rings. The molecule has 0 N–H and O–H groups in total. The van der Waals surface area contributed by atoms with Crippen LogP contribution < -0.4 is 4.74 Å². The summed E-state index contributed by atoms with van der Waals surface area (Å²) in [6, 6.07) is 10.1. The van der Waals surface area contributed by atoms with Gasteiger partial charge in [0.25, 0.3) is 0 Å². The summed E-state index contributed by atoms with van der Waals surface area (Å²) in [5.74, 6) is 1.05. The molecular formula is C14H12FN3O. The van der Waals surface area contributed by atoms with Crippen molar-refractivity contribution in [3.8, 4) is 5.75 Å². The molecule has 0 radical (unpaired) electrons. The SMILES string of the molecule is COc1cccn2nc(Cc3cccc(F)c3)nc12. The van der Waals surface area contributed by atoms with Crippen LogP contribution in [0.25, 0.3) is 5.65 Å². The van der Waals surface area contributed by atoms with Crippen molar-refractivity contribution in [2.24, 2.45) is 0 Å². The molecule has 0 saturated heterocycles. The molecule has 19 heavy (non-hydrogen) atoms. The van der Waals surface area contributed by atoms with E-state index in [2.05, 4.69) is 10.1 Å². The van der Waals surface area contributed by atoms with Gasteiger partial charge in [-0.2, -0.15) is 5.10 Å². The Hall–Kier alpha value is -2.43. The lowest BCUT2D eigenvalue weighted by Crippen LogP contribution is -1.92. The topological polar surface area (TPSA) is 39.4 Å². The third-order valence-corrected chi connectivity index (χ3v) is 2.84. The minimum atomic E-state index is -0.251. The molecule has 2 aromatic heterocycles. The summed E-state index contributed by atoms with van der Waals surface area (Å²) < 4.78 is 20.0. The Labute approximate surface area is 109 Å². The number of aromatic nitrogens is 3. The Bertz CT molecular complexity index is 724. The van der Waals surface area contributed by atoms with Crippen molar-refractivity contribution in [2.75, 3.05) is 7.11 Å². The lowest BCUT2D eigenvalue weighted by atomic mass is 10.1. The second kappa shape index (κ2) is 4.68. The standard InChI is InChI=1S/C14H12FN3O/c1-19-12-6-3-7-18-14(12)16-13(17-18)9-10-4-2-5-11(15)8-10/h2-8H,9H2,1H3. The van der Waals surface area contributed by atoms with Crippen molar-refractivity contribution >= 4 is 5.65 Å². The smallest absolute Gasteiger partial charge is 0.198 e. The van der Waals surface area contributed by atoms with Gasteiger partial charge in [0.15, 0.2) is 17.2 Å². The number of pyridine rings is 1. The molecule has 4 nitrogen and oxygen atoms in total. The number of fused-ring (bicyclic) bond motifs is 1. The van der Waals surface area contributed by atoms with Crippen molar-refractivity contribution in [1.82, 2.24) is 14.6 Å². The summed E-state index contributed by atoms with van der Waals surface area (Å²) in [5.41, 5.74) is 1.51. The minimum Gasteiger partial charge on any atom is -0.493 e. The van der Waals surface area contributed by atoms with Gasteiger partial charge in [0.1, 0.15) is 5.82 Å². The Morgan fingerprint density at radius 3 is 2.95 bits per heavy atom. The van der Waals surface area contributed by atoms with E-state index in [0.717, 1.165) is 5.56 Å². The first kappa shape index (κ1) is 11.6. The number of nitrogens with zero attached hydrogens (tertiary/aromatic N) is 3. The van der Waals surface area contributed by atoms with E-state index in [0.29, 0.717) is 23.6 Å². The van der Waals surface area contributed by atoms with Crippen molar-refractivity contribution in [2.45, 2.75) is 6.42 Å². The zero-order valence-electron chi connectivity index (χ0n) is 10.4. The molecule has 96 valence electrons. The summed E-state index contributed by atoms with van der Waals surface area (Å²) in [7, 11) is 1.59. The van der Waals surface area contributed by atoms with E-state index in [4.69, 9.17) is 4.74 Å². The van der Waals surface area contributed by atoms with Crippen LogP contribution in [0.3, 0.4) is 0 Å². The number of rotatable bonds is 3. The molecule has 2 heterocycles. The average Bonchev–Trinajstić information content (AvgIpc) is 2.80. The van der Waals surface area contributed by atoms with Crippen molar-refractivity contribution in [3.63, 3.8) is 0 Å². The first-order valence-electron chi connectivity index (χ1n) is 5.89. The number of ether oxygens (including phenoxy) is 1. The number of halogens is 1. The third-order valence-electron chi connectivity index (χ3n) is 2.84. The maximum absolute atomic E-state index is 13.1. The summed E-state index contributed by atoms with van der Waals surface area (Å²) in [6.45, 7) is 0. The Morgan fingerprint density at radius 1 is 1.26 bits per heavy atom. The maximum Gasteiger partial charge on any atom is 0.198 e. The van der Waals surface area contributed by atoms with Crippen LogP contribution in [-0.2, 0) is 6.42 Å². The molecule has 0 fully saturated rings. The van der Waals surface area contributed by atoms with Gasteiger partial charge >= 0.3 is 0 Å². The van der Waals surface area contributed by atoms with Crippen molar-refractivity contribution in [1.29, 1.82) is 0 Å². The van der Waals surface area contributed by atoms with Crippen LogP contribution in [0.4, 0.5) is 4.39 Å². The van der Waals surface area contributed by atoms with Crippen LogP contribution in [0.5, 0.6) is 5.75 Å². The van der Waals surface area contributed by atoms with Gasteiger partial charge in [0.2, 0.25) is 0 Å². The maximum atomic E-state index is 13.1. The van der Waals surface area contributed by atoms with Crippen LogP contribution in [-0.4, -0.2) is 21.7 Å². The highest BCUT2D eigenvalue weighted by Crippen LogP contribution is 2.17. The van der Waals surface area contributed by atoms with E-state index in [9.17, 15) is 4.39 Å². The van der Waals surface area contributed by atoms with Gasteiger partial charge in [-0.25, -0.2) is 13.9 Å². The Balaban J connectivity index is 1.98. The normalized spacial score (nSPS) is 10.8. The minimum absolute atomic E-state index is 0.251. The van der Waals surface area contributed by atoms with Crippen molar-refractivity contribution in [3.05, 3.63) is 59.8 Å². The Morgan fingerprint density at radius 2 is 2.16 bits per heavy atom. The molecule has 0 unspecified atom stereocenters. The van der Waals surface area contributed by atoms with Gasteiger partial charge in [0.05, 0.1) is 7.11 Å². The molecule has 0 atom stereocenters. The molecule has 0 saturated carbocycles. The van der Waals surface area contributed by atoms with E-state index < -0.39 is 0 Å². The first-order valence-corrected chi connectivity index (χ1v) is 5.89. The van der Waals surface area contributed by atoms with Gasteiger partial charge in [-0.05, 0) is 29.8 Å². The fourth-order valence-electron chi connectivity index (χ4n) is 1.99. The van der Waals surface area contributed by atoms with Crippen LogP contribution in [0.1, 0.15) is 11.4 Å². The zero-order chi connectivity index (χ0) is 13.2. The summed E-state index contributed by atoms with van der Waals surface area (Å²) in [4.78, 5) is 4.41. The number of benzene rings is 1. The number of hydrogen-bond acceptors (Lipinski definition) is 3. The molecule has 0 bridgehead atoms.